The Morgan fingerprint density at radius 2 is 0.839 bits per heavy atom. The second-order valence-corrected chi connectivity index (χ2v) is 16.1. The van der Waals surface area contributed by atoms with E-state index in [0.717, 1.165) is 105 Å². The number of aryl methyl sites for hydroxylation is 4. The highest BCUT2D eigenvalue weighted by atomic mass is 14.8. The van der Waals surface area contributed by atoms with Gasteiger partial charge >= 0.3 is 0 Å². The fraction of sp³-hybridized carbons (Fsp3) is 0.385. The van der Waals surface area contributed by atoms with Gasteiger partial charge in [-0.1, -0.05) is 114 Å². The van der Waals surface area contributed by atoms with Crippen molar-refractivity contribution in [1.29, 1.82) is 0 Å². The van der Waals surface area contributed by atoms with E-state index in [2.05, 4.69) is 138 Å². The lowest BCUT2D eigenvalue weighted by atomic mass is 9.92. The molecule has 3 aromatic heterocycles. The molecular weight excluding hydrogens is 681 g/mol. The predicted molar refractivity (Wildman–Crippen MR) is 243 cm³/mol. The minimum Gasteiger partial charge on any atom is -0.354 e. The number of nitrogens with one attached hydrogen (secondary N) is 2. The molecule has 0 fully saturated rings. The van der Waals surface area contributed by atoms with Gasteiger partial charge in [-0.2, -0.15) is 0 Å². The number of aromatic nitrogens is 4. The van der Waals surface area contributed by atoms with Gasteiger partial charge in [0.25, 0.3) is 0 Å². The van der Waals surface area contributed by atoms with Crippen LogP contribution in [0, 0.1) is 13.8 Å². The minimum atomic E-state index is 1.00. The number of nitrogens with zero attached hydrogens (tertiary/aromatic N) is 2. The molecule has 0 saturated carbocycles. The van der Waals surface area contributed by atoms with E-state index < -0.39 is 0 Å². The van der Waals surface area contributed by atoms with Crippen molar-refractivity contribution >= 4 is 44.4 Å². The summed E-state index contributed by atoms with van der Waals surface area (Å²) in [5.41, 5.74) is 24.5. The molecule has 0 atom stereocenters. The van der Waals surface area contributed by atoms with E-state index in [1.54, 1.807) is 0 Å². The molecule has 4 heteroatoms. The molecule has 7 rings (SSSR count). The van der Waals surface area contributed by atoms with Gasteiger partial charge in [0.1, 0.15) is 0 Å². The molecule has 2 N–H and O–H groups in total. The topological polar surface area (TPSA) is 57.4 Å². The number of hydrogen-bond donors (Lipinski definition) is 2. The number of aromatic amines is 2. The van der Waals surface area contributed by atoms with Crippen LogP contribution in [-0.4, -0.2) is 19.9 Å². The number of H-pyrrole nitrogens is 2. The number of unbranched alkanes of at least 4 members (excludes halogenated alkanes) is 4. The molecule has 8 bridgehead atoms. The first-order chi connectivity index (χ1) is 27.3. The second kappa shape index (κ2) is 17.5. The van der Waals surface area contributed by atoms with Crippen LogP contribution in [0.2, 0.25) is 0 Å². The van der Waals surface area contributed by atoms with Crippen molar-refractivity contribution in [2.45, 2.75) is 132 Å². The fourth-order valence-corrected chi connectivity index (χ4v) is 8.97. The number of benzene rings is 2. The van der Waals surface area contributed by atoms with Gasteiger partial charge in [0, 0.05) is 22.2 Å². The summed E-state index contributed by atoms with van der Waals surface area (Å²) in [6.07, 6.45) is 13.1. The van der Waals surface area contributed by atoms with Gasteiger partial charge in [0.15, 0.2) is 0 Å². The zero-order chi connectivity index (χ0) is 39.3. The normalized spacial score (nSPS) is 13.0. The quantitative estimate of drug-likeness (QED) is 0.119. The molecule has 2 aliphatic rings. The molecule has 0 unspecified atom stereocenters. The Morgan fingerprint density at radius 3 is 1.23 bits per heavy atom. The van der Waals surface area contributed by atoms with Crippen LogP contribution in [-0.2, 0) is 12.8 Å². The Bertz CT molecular complexity index is 2310. The third-order valence-corrected chi connectivity index (χ3v) is 12.3. The molecule has 56 heavy (non-hydrogen) atoms. The average Bonchev–Trinajstić information content (AvgIpc) is 3.89. The maximum atomic E-state index is 5.68. The third kappa shape index (κ3) is 7.48. The molecule has 0 saturated heterocycles. The Hall–Kier alpha value is -4.96. The van der Waals surface area contributed by atoms with E-state index >= 15 is 0 Å². The number of fused-ring (bicyclic) bond motifs is 8. The van der Waals surface area contributed by atoms with Crippen LogP contribution in [0.25, 0.3) is 66.6 Å². The first kappa shape index (κ1) is 39.3. The second-order valence-electron chi connectivity index (χ2n) is 16.1. The summed E-state index contributed by atoms with van der Waals surface area (Å²) >= 11 is 0. The van der Waals surface area contributed by atoms with Crippen LogP contribution < -0.4 is 0 Å². The van der Waals surface area contributed by atoms with Crippen molar-refractivity contribution in [3.63, 3.8) is 0 Å². The van der Waals surface area contributed by atoms with Crippen molar-refractivity contribution in [1.82, 2.24) is 19.9 Å². The lowest BCUT2D eigenvalue weighted by Crippen LogP contribution is -1.93. The average molecular weight is 743 g/mol. The summed E-state index contributed by atoms with van der Waals surface area (Å²) in [7, 11) is 0. The summed E-state index contributed by atoms with van der Waals surface area (Å²) in [6, 6.07) is 26.7. The van der Waals surface area contributed by atoms with Crippen LogP contribution in [0.1, 0.15) is 151 Å². The Balaban J connectivity index is 1.75. The Labute approximate surface area is 335 Å². The standard InChI is InChI=1S/C52H62N4/c1-9-13-27-39-33(5)49-47(37-23-19-17-20-24-37)50-35(7)41(29-15-11-3)45(55-50)32-46-42(30-16-12-4)36(8)52(56-46)48(38-25-21-18-22-26-38)51-34(6)40(28-14-10-2)44(54-51)31-43(39)53-49/h17-26,31-32,53,55H,9-16,27-30H2,1-8H3. The van der Waals surface area contributed by atoms with Gasteiger partial charge < -0.3 is 9.97 Å². The summed E-state index contributed by atoms with van der Waals surface area (Å²) in [6.45, 7) is 18.4. The summed E-state index contributed by atoms with van der Waals surface area (Å²) in [4.78, 5) is 19.5. The van der Waals surface area contributed by atoms with Gasteiger partial charge in [0.2, 0.25) is 0 Å². The summed E-state index contributed by atoms with van der Waals surface area (Å²) < 4.78 is 0. The van der Waals surface area contributed by atoms with Gasteiger partial charge in [-0.15, -0.1) is 0 Å². The van der Waals surface area contributed by atoms with Crippen molar-refractivity contribution in [2.24, 2.45) is 0 Å². The molecule has 290 valence electrons. The summed E-state index contributed by atoms with van der Waals surface area (Å²) in [5.74, 6) is 0. The SMILES string of the molecule is CCCCC1=C(C)c2nc1cc1[nH]c(c(C)c1CCCC)c(-c1ccccc1)c1[nH]c(cc3nc(c2-c2ccccc2)C(C)=C3CCCC)c(CCCC)c1C. The Kier molecular flexibility index (Phi) is 12.2. The molecular formula is C52H62N4. The number of allylic oxidation sites excluding steroid dienone is 4. The largest absolute Gasteiger partial charge is 0.354 e. The zero-order valence-electron chi connectivity index (χ0n) is 35.3. The number of hydrogen-bond acceptors (Lipinski definition) is 2. The molecule has 2 aliphatic heterocycles. The van der Waals surface area contributed by atoms with Crippen LogP contribution >= 0.6 is 0 Å². The van der Waals surface area contributed by atoms with Crippen molar-refractivity contribution in [3.8, 4) is 22.3 Å². The van der Waals surface area contributed by atoms with Crippen LogP contribution in [0.4, 0.5) is 0 Å². The molecule has 2 aromatic carbocycles. The maximum Gasteiger partial charge on any atom is 0.0769 e. The van der Waals surface area contributed by atoms with Crippen molar-refractivity contribution in [3.05, 3.63) is 118 Å². The molecule has 0 spiro atoms. The maximum absolute atomic E-state index is 5.68. The van der Waals surface area contributed by atoms with E-state index in [1.807, 2.05) is 0 Å². The van der Waals surface area contributed by atoms with E-state index in [0.29, 0.717) is 0 Å². The molecule has 0 amide bonds. The van der Waals surface area contributed by atoms with Gasteiger partial charge in [-0.05, 0) is 147 Å². The fourth-order valence-electron chi connectivity index (χ4n) is 8.97. The monoisotopic (exact) mass is 742 g/mol. The van der Waals surface area contributed by atoms with E-state index in [-0.39, 0.29) is 0 Å². The Morgan fingerprint density at radius 1 is 0.464 bits per heavy atom. The molecule has 5 aromatic rings. The van der Waals surface area contributed by atoms with Gasteiger partial charge in [0.05, 0.1) is 33.8 Å². The lowest BCUT2D eigenvalue weighted by molar-refractivity contribution is 0.796. The van der Waals surface area contributed by atoms with Gasteiger partial charge in [-0.3, -0.25) is 0 Å². The van der Waals surface area contributed by atoms with Crippen LogP contribution in [0.3, 0.4) is 0 Å². The minimum absolute atomic E-state index is 1.00. The lowest BCUT2D eigenvalue weighted by Gasteiger charge is -2.10. The molecule has 5 heterocycles. The van der Waals surface area contributed by atoms with Crippen molar-refractivity contribution < 1.29 is 0 Å². The van der Waals surface area contributed by atoms with Crippen LogP contribution in [0.5, 0.6) is 0 Å². The highest BCUT2D eigenvalue weighted by Crippen LogP contribution is 2.45. The molecule has 0 radical (unpaired) electrons. The molecule has 4 nitrogen and oxygen atoms in total. The smallest absolute Gasteiger partial charge is 0.0769 e. The highest BCUT2D eigenvalue weighted by Gasteiger charge is 2.27. The predicted octanol–water partition coefficient (Wildman–Crippen LogP) is 15.2. The van der Waals surface area contributed by atoms with Gasteiger partial charge in [-0.25, -0.2) is 9.97 Å². The van der Waals surface area contributed by atoms with E-state index in [1.165, 1.54) is 83.3 Å². The van der Waals surface area contributed by atoms with E-state index in [9.17, 15) is 0 Å². The zero-order valence-corrected chi connectivity index (χ0v) is 35.3. The van der Waals surface area contributed by atoms with Crippen molar-refractivity contribution in [2.75, 3.05) is 0 Å². The third-order valence-electron chi connectivity index (χ3n) is 12.3. The first-order valence-corrected chi connectivity index (χ1v) is 21.6. The number of rotatable bonds is 14. The summed E-state index contributed by atoms with van der Waals surface area (Å²) in [5, 5.41) is 0. The molecule has 0 aliphatic carbocycles. The van der Waals surface area contributed by atoms with Crippen LogP contribution in [0.15, 0.2) is 72.8 Å². The highest BCUT2D eigenvalue weighted by molar-refractivity contribution is 6.03. The van der Waals surface area contributed by atoms with E-state index in [4.69, 9.17) is 9.97 Å². The first-order valence-electron chi connectivity index (χ1n) is 21.6.